The van der Waals surface area contributed by atoms with Gasteiger partial charge in [-0.2, -0.15) is 0 Å². The van der Waals surface area contributed by atoms with Crippen LogP contribution in [0.3, 0.4) is 0 Å². The summed E-state index contributed by atoms with van der Waals surface area (Å²) in [6.45, 7) is 2.47. The molecule has 0 aliphatic rings. The van der Waals surface area contributed by atoms with Crippen molar-refractivity contribution in [1.82, 2.24) is 0 Å². The lowest BCUT2D eigenvalue weighted by atomic mass is 10.2. The first kappa shape index (κ1) is 17.3. The number of hydrogen-bond acceptors (Lipinski definition) is 3. The summed E-state index contributed by atoms with van der Waals surface area (Å²) in [5.74, 6) is 1.16. The molecule has 0 aliphatic heterocycles. The molecule has 0 saturated carbocycles. The number of para-hydroxylation sites is 1. The number of ether oxygens (including phenoxy) is 2. The van der Waals surface area contributed by atoms with Gasteiger partial charge < -0.3 is 14.8 Å². The summed E-state index contributed by atoms with van der Waals surface area (Å²) in [5.41, 5.74) is 1.67. The zero-order valence-electron chi connectivity index (χ0n) is 13.0. The molecule has 0 atom stereocenters. The van der Waals surface area contributed by atoms with E-state index in [-0.39, 0.29) is 5.91 Å². The fraction of sp³-hybridized carbons (Fsp3) is 0.167. The van der Waals surface area contributed by atoms with Crippen molar-refractivity contribution in [3.05, 3.63) is 57.7 Å². The number of nitrogens with one attached hydrogen (secondary N) is 1. The van der Waals surface area contributed by atoms with Crippen molar-refractivity contribution in [2.45, 2.75) is 6.92 Å². The molecule has 0 aromatic heterocycles. The largest absolute Gasteiger partial charge is 0.493 e. The summed E-state index contributed by atoms with van der Waals surface area (Å²) in [4.78, 5) is 12.0. The third kappa shape index (κ3) is 4.99. The molecule has 0 radical (unpaired) electrons. The lowest BCUT2D eigenvalue weighted by Crippen LogP contribution is -2.08. The second-order valence-electron chi connectivity index (χ2n) is 4.65. The highest BCUT2D eigenvalue weighted by Gasteiger charge is 2.05. The van der Waals surface area contributed by atoms with Crippen LogP contribution in [0.4, 0.5) is 5.69 Å². The van der Waals surface area contributed by atoms with Crippen molar-refractivity contribution >= 4 is 40.3 Å². The standard InChI is InChI=1S/C18H18INO3/c1-3-23-17-12-13(8-10-16(17)22-2)9-11-18(21)20-15-7-5-4-6-14(15)19/h4-12H,3H2,1-2H3,(H,20,21)/b11-9+. The van der Waals surface area contributed by atoms with Crippen molar-refractivity contribution in [2.24, 2.45) is 0 Å². The zero-order chi connectivity index (χ0) is 16.7. The molecule has 2 aromatic rings. The molecule has 1 N–H and O–H groups in total. The Balaban J connectivity index is 2.09. The topological polar surface area (TPSA) is 47.6 Å². The maximum atomic E-state index is 12.0. The van der Waals surface area contributed by atoms with E-state index in [0.717, 1.165) is 14.8 Å². The molecule has 23 heavy (non-hydrogen) atoms. The lowest BCUT2D eigenvalue weighted by molar-refractivity contribution is -0.111. The van der Waals surface area contributed by atoms with Crippen LogP contribution in [0.15, 0.2) is 48.5 Å². The molecule has 4 nitrogen and oxygen atoms in total. The van der Waals surface area contributed by atoms with Crippen LogP contribution in [0.5, 0.6) is 11.5 Å². The monoisotopic (exact) mass is 423 g/mol. The van der Waals surface area contributed by atoms with Gasteiger partial charge in [0.25, 0.3) is 0 Å². The molecule has 1 amide bonds. The molecule has 5 heteroatoms. The molecular weight excluding hydrogens is 405 g/mol. The Labute approximate surface area is 149 Å². The highest BCUT2D eigenvalue weighted by atomic mass is 127. The highest BCUT2D eigenvalue weighted by molar-refractivity contribution is 14.1. The molecule has 0 saturated heterocycles. The van der Waals surface area contributed by atoms with E-state index in [1.165, 1.54) is 6.08 Å². The van der Waals surface area contributed by atoms with Crippen molar-refractivity contribution in [3.63, 3.8) is 0 Å². The summed E-state index contributed by atoms with van der Waals surface area (Å²) in [5, 5.41) is 2.85. The second kappa shape index (κ2) is 8.57. The van der Waals surface area contributed by atoms with E-state index in [2.05, 4.69) is 27.9 Å². The van der Waals surface area contributed by atoms with Gasteiger partial charge in [-0.15, -0.1) is 0 Å². The molecule has 0 heterocycles. The van der Waals surface area contributed by atoms with E-state index >= 15 is 0 Å². The number of benzene rings is 2. The van der Waals surface area contributed by atoms with Crippen LogP contribution < -0.4 is 14.8 Å². The normalized spacial score (nSPS) is 10.6. The fourth-order valence-corrected chi connectivity index (χ4v) is 2.50. The van der Waals surface area contributed by atoms with Gasteiger partial charge in [0.15, 0.2) is 11.5 Å². The van der Waals surface area contributed by atoms with Gasteiger partial charge in [0.2, 0.25) is 5.91 Å². The Bertz CT molecular complexity index is 713. The number of amides is 1. The average molecular weight is 423 g/mol. The fourth-order valence-electron chi connectivity index (χ4n) is 1.97. The Morgan fingerprint density at radius 1 is 1.22 bits per heavy atom. The molecule has 120 valence electrons. The van der Waals surface area contributed by atoms with Crippen molar-refractivity contribution < 1.29 is 14.3 Å². The van der Waals surface area contributed by atoms with Gasteiger partial charge in [-0.25, -0.2) is 0 Å². The van der Waals surface area contributed by atoms with Crippen LogP contribution in [0, 0.1) is 3.57 Å². The minimum absolute atomic E-state index is 0.178. The van der Waals surface area contributed by atoms with Gasteiger partial charge in [0.05, 0.1) is 19.4 Å². The molecule has 0 fully saturated rings. The van der Waals surface area contributed by atoms with Crippen LogP contribution in [-0.4, -0.2) is 19.6 Å². The van der Waals surface area contributed by atoms with E-state index in [1.807, 2.05) is 49.4 Å². The van der Waals surface area contributed by atoms with Gasteiger partial charge in [-0.05, 0) is 65.4 Å². The Kier molecular flexibility index (Phi) is 6.46. The van der Waals surface area contributed by atoms with Crippen molar-refractivity contribution in [3.8, 4) is 11.5 Å². The van der Waals surface area contributed by atoms with Crippen molar-refractivity contribution in [2.75, 3.05) is 19.0 Å². The molecule has 0 unspecified atom stereocenters. The SMILES string of the molecule is CCOc1cc(/C=C/C(=O)Nc2ccccc2I)ccc1OC. The predicted octanol–water partition coefficient (Wildman–Crippen LogP) is 4.35. The summed E-state index contributed by atoms with van der Waals surface area (Å²) >= 11 is 2.19. The van der Waals surface area contributed by atoms with Gasteiger partial charge >= 0.3 is 0 Å². The molecule has 2 rings (SSSR count). The van der Waals surface area contributed by atoms with Crippen LogP contribution in [-0.2, 0) is 4.79 Å². The third-order valence-corrected chi connectivity index (χ3v) is 3.99. The number of halogens is 1. The first-order valence-electron chi connectivity index (χ1n) is 7.18. The number of anilines is 1. The summed E-state index contributed by atoms with van der Waals surface area (Å²) in [7, 11) is 1.60. The van der Waals surface area contributed by atoms with E-state index in [4.69, 9.17) is 9.47 Å². The molecular formula is C18H18INO3. The smallest absolute Gasteiger partial charge is 0.248 e. The molecule has 0 aliphatic carbocycles. The number of hydrogen-bond donors (Lipinski definition) is 1. The third-order valence-electron chi connectivity index (χ3n) is 3.05. The van der Waals surface area contributed by atoms with E-state index < -0.39 is 0 Å². The number of methoxy groups -OCH3 is 1. The zero-order valence-corrected chi connectivity index (χ0v) is 15.2. The highest BCUT2D eigenvalue weighted by Crippen LogP contribution is 2.28. The van der Waals surface area contributed by atoms with Crippen LogP contribution in [0.1, 0.15) is 12.5 Å². The first-order valence-corrected chi connectivity index (χ1v) is 8.26. The number of carbonyl (C=O) groups excluding carboxylic acids is 1. The number of carbonyl (C=O) groups is 1. The average Bonchev–Trinajstić information content (AvgIpc) is 2.55. The maximum Gasteiger partial charge on any atom is 0.248 e. The van der Waals surface area contributed by atoms with Gasteiger partial charge in [0.1, 0.15) is 0 Å². The van der Waals surface area contributed by atoms with E-state index in [9.17, 15) is 4.79 Å². The molecule has 2 aromatic carbocycles. The minimum Gasteiger partial charge on any atom is -0.493 e. The summed E-state index contributed by atoms with van der Waals surface area (Å²) in [6, 6.07) is 13.2. The lowest BCUT2D eigenvalue weighted by Gasteiger charge is -2.09. The van der Waals surface area contributed by atoms with Crippen LogP contribution in [0.2, 0.25) is 0 Å². The molecule has 0 spiro atoms. The van der Waals surface area contributed by atoms with Crippen LogP contribution >= 0.6 is 22.6 Å². The van der Waals surface area contributed by atoms with Gasteiger partial charge in [-0.1, -0.05) is 18.2 Å². The predicted molar refractivity (Wildman–Crippen MR) is 101 cm³/mol. The van der Waals surface area contributed by atoms with E-state index in [0.29, 0.717) is 18.1 Å². The summed E-state index contributed by atoms with van der Waals surface area (Å²) < 4.78 is 11.8. The number of rotatable bonds is 6. The van der Waals surface area contributed by atoms with Crippen molar-refractivity contribution in [1.29, 1.82) is 0 Å². The Morgan fingerprint density at radius 2 is 2.00 bits per heavy atom. The van der Waals surface area contributed by atoms with Gasteiger partial charge in [-0.3, -0.25) is 4.79 Å². The van der Waals surface area contributed by atoms with Gasteiger partial charge in [0, 0.05) is 9.65 Å². The Morgan fingerprint density at radius 3 is 2.70 bits per heavy atom. The maximum absolute atomic E-state index is 12.0. The van der Waals surface area contributed by atoms with E-state index in [1.54, 1.807) is 13.2 Å². The summed E-state index contributed by atoms with van der Waals surface area (Å²) in [6.07, 6.45) is 3.24. The van der Waals surface area contributed by atoms with Crippen LogP contribution in [0.25, 0.3) is 6.08 Å². The Hall–Kier alpha value is -2.02. The first-order chi connectivity index (χ1) is 11.1. The second-order valence-corrected chi connectivity index (χ2v) is 5.81. The molecule has 0 bridgehead atoms. The minimum atomic E-state index is -0.178. The quantitative estimate of drug-likeness (QED) is 0.555.